The maximum absolute atomic E-state index is 10.9. The zero-order valence-corrected chi connectivity index (χ0v) is 10.3. The van der Waals surface area contributed by atoms with Crippen LogP contribution in [0.2, 0.25) is 0 Å². The van der Waals surface area contributed by atoms with Crippen molar-refractivity contribution < 1.29 is 9.90 Å². The van der Waals surface area contributed by atoms with Crippen molar-refractivity contribution in [1.82, 2.24) is 4.98 Å². The molecule has 1 aromatic carbocycles. The van der Waals surface area contributed by atoms with E-state index in [4.69, 9.17) is 5.11 Å². The van der Waals surface area contributed by atoms with Gasteiger partial charge in [0.05, 0.1) is 11.1 Å². The number of hydrogen-bond acceptors (Lipinski definition) is 1. The third-order valence-corrected chi connectivity index (χ3v) is 3.31. The Morgan fingerprint density at radius 1 is 1.53 bits per heavy atom. The Morgan fingerprint density at radius 2 is 2.27 bits per heavy atom. The van der Waals surface area contributed by atoms with Crippen LogP contribution in [0.4, 0.5) is 0 Å². The molecule has 15 heavy (non-hydrogen) atoms. The van der Waals surface area contributed by atoms with Gasteiger partial charge in [-0.1, -0.05) is 6.92 Å². The van der Waals surface area contributed by atoms with E-state index in [1.807, 2.05) is 6.20 Å². The average Bonchev–Trinajstić information content (AvgIpc) is 2.60. The van der Waals surface area contributed by atoms with Crippen LogP contribution >= 0.6 is 22.6 Å². The fourth-order valence-corrected chi connectivity index (χ4v) is 2.44. The Labute approximate surface area is 101 Å². The number of fused-ring (bicyclic) bond motifs is 1. The summed E-state index contributed by atoms with van der Waals surface area (Å²) in [5.41, 5.74) is 2.53. The van der Waals surface area contributed by atoms with E-state index in [0.717, 1.165) is 26.5 Å². The van der Waals surface area contributed by atoms with Crippen molar-refractivity contribution in [3.63, 3.8) is 0 Å². The van der Waals surface area contributed by atoms with Gasteiger partial charge in [0.2, 0.25) is 0 Å². The van der Waals surface area contributed by atoms with Crippen LogP contribution in [-0.4, -0.2) is 16.1 Å². The van der Waals surface area contributed by atoms with Crippen LogP contribution < -0.4 is 0 Å². The molecule has 78 valence electrons. The van der Waals surface area contributed by atoms with Gasteiger partial charge < -0.3 is 10.1 Å². The predicted octanol–water partition coefficient (Wildman–Crippen LogP) is 3.03. The van der Waals surface area contributed by atoms with Crippen molar-refractivity contribution in [2.75, 3.05) is 0 Å². The highest BCUT2D eigenvalue weighted by atomic mass is 127. The quantitative estimate of drug-likeness (QED) is 0.837. The van der Waals surface area contributed by atoms with Crippen LogP contribution in [-0.2, 0) is 6.42 Å². The minimum absolute atomic E-state index is 0.348. The lowest BCUT2D eigenvalue weighted by molar-refractivity contribution is 0.0697. The van der Waals surface area contributed by atoms with Gasteiger partial charge in [-0.15, -0.1) is 0 Å². The Hall–Kier alpha value is -1.04. The van der Waals surface area contributed by atoms with Crippen LogP contribution in [0, 0.1) is 3.57 Å². The molecule has 0 aliphatic carbocycles. The lowest BCUT2D eigenvalue weighted by atomic mass is 10.1. The molecule has 4 heteroatoms. The molecular formula is C11H10INO2. The van der Waals surface area contributed by atoms with Gasteiger partial charge in [-0.2, -0.15) is 0 Å². The van der Waals surface area contributed by atoms with E-state index < -0.39 is 5.97 Å². The topological polar surface area (TPSA) is 53.1 Å². The van der Waals surface area contributed by atoms with Gasteiger partial charge in [0.25, 0.3) is 0 Å². The Kier molecular flexibility index (Phi) is 2.68. The Morgan fingerprint density at radius 3 is 2.87 bits per heavy atom. The van der Waals surface area contributed by atoms with Gasteiger partial charge in [-0.25, -0.2) is 4.79 Å². The smallest absolute Gasteiger partial charge is 0.335 e. The van der Waals surface area contributed by atoms with Crippen molar-refractivity contribution in [3.05, 3.63) is 33.0 Å². The highest BCUT2D eigenvalue weighted by Crippen LogP contribution is 2.25. The van der Waals surface area contributed by atoms with E-state index in [0.29, 0.717) is 5.56 Å². The highest BCUT2D eigenvalue weighted by Gasteiger charge is 2.10. The normalized spacial score (nSPS) is 10.8. The van der Waals surface area contributed by atoms with E-state index in [2.05, 4.69) is 34.5 Å². The number of benzene rings is 1. The van der Waals surface area contributed by atoms with Crippen LogP contribution in [0.5, 0.6) is 0 Å². The lowest BCUT2D eigenvalue weighted by Crippen LogP contribution is -1.96. The van der Waals surface area contributed by atoms with Gasteiger partial charge in [-0.3, -0.25) is 0 Å². The van der Waals surface area contributed by atoms with Gasteiger partial charge in [0.1, 0.15) is 0 Å². The molecule has 1 heterocycles. The SMILES string of the molecule is CCc1c[nH]c2c(I)cc(C(=O)O)cc12. The second kappa shape index (κ2) is 3.84. The fraction of sp³-hybridized carbons (Fsp3) is 0.182. The van der Waals surface area contributed by atoms with Crippen molar-refractivity contribution in [2.45, 2.75) is 13.3 Å². The number of aryl methyl sites for hydroxylation is 1. The maximum Gasteiger partial charge on any atom is 0.335 e. The summed E-state index contributed by atoms with van der Waals surface area (Å²) in [7, 11) is 0. The molecule has 0 spiro atoms. The second-order valence-electron chi connectivity index (χ2n) is 3.35. The molecule has 0 unspecified atom stereocenters. The van der Waals surface area contributed by atoms with E-state index in [9.17, 15) is 4.79 Å². The monoisotopic (exact) mass is 315 g/mol. The zero-order valence-electron chi connectivity index (χ0n) is 8.17. The molecule has 1 aromatic heterocycles. The number of aromatic nitrogens is 1. The molecule has 2 rings (SSSR count). The largest absolute Gasteiger partial charge is 0.478 e. The molecule has 0 aliphatic rings. The molecule has 0 saturated heterocycles. The van der Waals surface area contributed by atoms with Crippen LogP contribution in [0.1, 0.15) is 22.8 Å². The first-order valence-corrected chi connectivity index (χ1v) is 5.74. The Bertz CT molecular complexity index is 531. The summed E-state index contributed by atoms with van der Waals surface area (Å²) in [6.45, 7) is 2.06. The molecule has 0 radical (unpaired) electrons. The number of H-pyrrole nitrogens is 1. The summed E-state index contributed by atoms with van der Waals surface area (Å²) < 4.78 is 0.946. The second-order valence-corrected chi connectivity index (χ2v) is 4.52. The summed E-state index contributed by atoms with van der Waals surface area (Å²) in [6.07, 6.45) is 2.84. The van der Waals surface area contributed by atoms with Crippen molar-refractivity contribution in [3.8, 4) is 0 Å². The first kappa shape index (κ1) is 10.5. The number of rotatable bonds is 2. The van der Waals surface area contributed by atoms with Crippen molar-refractivity contribution >= 4 is 39.5 Å². The average molecular weight is 315 g/mol. The standard InChI is InChI=1S/C11H10INO2/c1-2-6-5-13-10-8(6)3-7(11(14)15)4-9(10)12/h3-5,13H,2H2,1H3,(H,14,15). The molecule has 0 aliphatic heterocycles. The number of carboxylic acid groups (broad SMARTS) is 1. The number of nitrogens with one attached hydrogen (secondary N) is 1. The summed E-state index contributed by atoms with van der Waals surface area (Å²) in [5.74, 6) is -0.877. The first-order valence-electron chi connectivity index (χ1n) is 4.66. The van der Waals surface area contributed by atoms with E-state index in [-0.39, 0.29) is 0 Å². The number of carboxylic acids is 1. The van der Waals surface area contributed by atoms with Gasteiger partial charge in [-0.05, 0) is 46.7 Å². The number of hydrogen-bond donors (Lipinski definition) is 2. The van der Waals surface area contributed by atoms with Gasteiger partial charge in [0.15, 0.2) is 0 Å². The number of halogens is 1. The first-order chi connectivity index (χ1) is 7.13. The number of aromatic carboxylic acids is 1. The minimum Gasteiger partial charge on any atom is -0.478 e. The van der Waals surface area contributed by atoms with E-state index in [1.165, 1.54) is 0 Å². The van der Waals surface area contributed by atoms with Crippen molar-refractivity contribution in [1.29, 1.82) is 0 Å². The predicted molar refractivity (Wildman–Crippen MR) is 67.4 cm³/mol. The molecule has 0 amide bonds. The summed E-state index contributed by atoms with van der Waals surface area (Å²) in [6, 6.07) is 3.41. The lowest BCUT2D eigenvalue weighted by Gasteiger charge is -2.00. The molecular weight excluding hydrogens is 305 g/mol. The highest BCUT2D eigenvalue weighted by molar-refractivity contribution is 14.1. The zero-order chi connectivity index (χ0) is 11.0. The van der Waals surface area contributed by atoms with Gasteiger partial charge in [0, 0.05) is 15.2 Å². The van der Waals surface area contributed by atoms with Crippen LogP contribution in [0.15, 0.2) is 18.3 Å². The summed E-state index contributed by atoms with van der Waals surface area (Å²) in [5, 5.41) is 9.97. The molecule has 0 saturated carbocycles. The van der Waals surface area contributed by atoms with Gasteiger partial charge >= 0.3 is 5.97 Å². The summed E-state index contributed by atoms with van der Waals surface area (Å²) >= 11 is 2.15. The number of carbonyl (C=O) groups is 1. The number of aromatic amines is 1. The van der Waals surface area contributed by atoms with Crippen LogP contribution in [0.25, 0.3) is 10.9 Å². The third-order valence-electron chi connectivity index (χ3n) is 2.45. The summed E-state index contributed by atoms with van der Waals surface area (Å²) in [4.78, 5) is 14.1. The fourth-order valence-electron chi connectivity index (χ4n) is 1.66. The molecule has 2 N–H and O–H groups in total. The Balaban J connectivity index is 2.77. The van der Waals surface area contributed by atoms with Crippen LogP contribution in [0.3, 0.4) is 0 Å². The molecule has 2 aromatic rings. The molecule has 0 atom stereocenters. The third kappa shape index (κ3) is 1.73. The van der Waals surface area contributed by atoms with E-state index in [1.54, 1.807) is 12.1 Å². The van der Waals surface area contributed by atoms with Crippen molar-refractivity contribution in [2.24, 2.45) is 0 Å². The van der Waals surface area contributed by atoms with E-state index >= 15 is 0 Å². The molecule has 0 bridgehead atoms. The minimum atomic E-state index is -0.877. The maximum atomic E-state index is 10.9. The molecule has 0 fully saturated rings. The molecule has 3 nitrogen and oxygen atoms in total.